The molecule has 2 nitrogen and oxygen atoms in total. The van der Waals surface area contributed by atoms with E-state index in [4.69, 9.17) is 0 Å². The Labute approximate surface area is 124 Å². The molecule has 0 heterocycles. The Balaban J connectivity index is 1.85. The van der Waals surface area contributed by atoms with Gasteiger partial charge in [0.1, 0.15) is 5.82 Å². The van der Waals surface area contributed by atoms with E-state index in [-0.39, 0.29) is 17.8 Å². The van der Waals surface area contributed by atoms with Gasteiger partial charge < -0.3 is 5.32 Å². The smallest absolute Gasteiger partial charge is 0.252 e. The van der Waals surface area contributed by atoms with Crippen molar-refractivity contribution in [3.63, 3.8) is 0 Å². The number of carbonyl (C=O) groups excluding carboxylic acids is 1. The third-order valence-corrected chi connectivity index (χ3v) is 4.19. The molecular formula is C18H18FNO. The van der Waals surface area contributed by atoms with Crippen LogP contribution in [0.3, 0.4) is 0 Å². The summed E-state index contributed by atoms with van der Waals surface area (Å²) in [5, 5.41) is 3.05. The summed E-state index contributed by atoms with van der Waals surface area (Å²) in [6.45, 7) is 1.64. The van der Waals surface area contributed by atoms with Crippen molar-refractivity contribution in [2.75, 3.05) is 0 Å². The summed E-state index contributed by atoms with van der Waals surface area (Å²) in [5.41, 5.74) is 3.30. The van der Waals surface area contributed by atoms with Crippen LogP contribution in [-0.2, 0) is 6.42 Å². The zero-order valence-corrected chi connectivity index (χ0v) is 12.0. The Morgan fingerprint density at radius 2 is 2.00 bits per heavy atom. The number of rotatable bonds is 2. The Morgan fingerprint density at radius 3 is 2.86 bits per heavy atom. The van der Waals surface area contributed by atoms with Crippen molar-refractivity contribution in [3.8, 4) is 0 Å². The summed E-state index contributed by atoms with van der Waals surface area (Å²) >= 11 is 0. The monoisotopic (exact) mass is 283 g/mol. The number of aryl methyl sites for hydroxylation is 1. The van der Waals surface area contributed by atoms with Gasteiger partial charge in [-0.25, -0.2) is 4.39 Å². The summed E-state index contributed by atoms with van der Waals surface area (Å²) in [7, 11) is 0. The first-order valence-corrected chi connectivity index (χ1v) is 7.30. The largest absolute Gasteiger partial charge is 0.345 e. The van der Waals surface area contributed by atoms with E-state index in [9.17, 15) is 9.18 Å². The lowest BCUT2D eigenvalue weighted by atomic mass is 9.87. The second-order valence-corrected chi connectivity index (χ2v) is 5.53. The van der Waals surface area contributed by atoms with Crippen LogP contribution < -0.4 is 5.32 Å². The van der Waals surface area contributed by atoms with E-state index in [0.717, 1.165) is 19.3 Å². The van der Waals surface area contributed by atoms with Crippen LogP contribution in [0.25, 0.3) is 0 Å². The number of hydrogen-bond donors (Lipinski definition) is 1. The Kier molecular flexibility index (Phi) is 3.74. The Hall–Kier alpha value is -2.16. The molecule has 0 bridgehead atoms. The first-order chi connectivity index (χ1) is 10.2. The van der Waals surface area contributed by atoms with Crippen LogP contribution in [0.2, 0.25) is 0 Å². The summed E-state index contributed by atoms with van der Waals surface area (Å²) in [5.74, 6) is -0.541. The number of carbonyl (C=O) groups is 1. The molecule has 1 atom stereocenters. The van der Waals surface area contributed by atoms with Crippen molar-refractivity contribution in [3.05, 3.63) is 70.5 Å². The minimum atomic E-state index is -0.341. The highest BCUT2D eigenvalue weighted by molar-refractivity contribution is 5.95. The summed E-state index contributed by atoms with van der Waals surface area (Å²) in [4.78, 5) is 12.4. The highest BCUT2D eigenvalue weighted by Crippen LogP contribution is 2.29. The molecule has 0 spiro atoms. The van der Waals surface area contributed by atoms with E-state index in [2.05, 4.69) is 17.4 Å². The molecule has 1 unspecified atom stereocenters. The van der Waals surface area contributed by atoms with Crippen LogP contribution in [0, 0.1) is 12.7 Å². The van der Waals surface area contributed by atoms with Gasteiger partial charge >= 0.3 is 0 Å². The fourth-order valence-corrected chi connectivity index (χ4v) is 2.99. The lowest BCUT2D eigenvalue weighted by molar-refractivity contribution is 0.0931. The van der Waals surface area contributed by atoms with E-state index >= 15 is 0 Å². The third-order valence-electron chi connectivity index (χ3n) is 4.19. The number of hydrogen-bond acceptors (Lipinski definition) is 1. The second-order valence-electron chi connectivity index (χ2n) is 5.53. The number of fused-ring (bicyclic) bond motifs is 1. The van der Waals surface area contributed by atoms with Crippen molar-refractivity contribution < 1.29 is 9.18 Å². The van der Waals surface area contributed by atoms with Crippen molar-refractivity contribution in [1.29, 1.82) is 0 Å². The van der Waals surface area contributed by atoms with E-state index in [0.29, 0.717) is 11.1 Å². The highest BCUT2D eigenvalue weighted by atomic mass is 19.1. The first kappa shape index (κ1) is 13.8. The van der Waals surface area contributed by atoms with Crippen molar-refractivity contribution in [1.82, 2.24) is 5.32 Å². The molecule has 0 saturated carbocycles. The van der Waals surface area contributed by atoms with E-state index in [1.54, 1.807) is 19.1 Å². The highest BCUT2D eigenvalue weighted by Gasteiger charge is 2.22. The van der Waals surface area contributed by atoms with Crippen LogP contribution in [0.15, 0.2) is 42.5 Å². The van der Waals surface area contributed by atoms with Gasteiger partial charge in [0, 0.05) is 5.56 Å². The zero-order valence-electron chi connectivity index (χ0n) is 12.0. The minimum absolute atomic E-state index is 0.0186. The van der Waals surface area contributed by atoms with Gasteiger partial charge in [0.05, 0.1) is 6.04 Å². The number of nitrogens with one attached hydrogen (secondary N) is 1. The summed E-state index contributed by atoms with van der Waals surface area (Å²) in [6, 6.07) is 12.8. The molecule has 1 N–H and O–H groups in total. The maximum Gasteiger partial charge on any atom is 0.252 e. The molecule has 0 fully saturated rings. The van der Waals surface area contributed by atoms with Crippen molar-refractivity contribution >= 4 is 5.91 Å². The molecule has 2 aromatic rings. The maximum atomic E-state index is 13.6. The van der Waals surface area contributed by atoms with E-state index < -0.39 is 0 Å². The van der Waals surface area contributed by atoms with Crippen LogP contribution in [0.4, 0.5) is 4.39 Å². The fourth-order valence-electron chi connectivity index (χ4n) is 2.99. The molecule has 108 valence electrons. The topological polar surface area (TPSA) is 29.1 Å². The van der Waals surface area contributed by atoms with Gasteiger partial charge in [0.15, 0.2) is 0 Å². The maximum absolute atomic E-state index is 13.6. The zero-order chi connectivity index (χ0) is 14.8. The molecule has 0 aromatic heterocycles. The van der Waals surface area contributed by atoms with Crippen LogP contribution >= 0.6 is 0 Å². The van der Waals surface area contributed by atoms with Gasteiger partial charge in [-0.15, -0.1) is 0 Å². The fraction of sp³-hybridized carbons (Fsp3) is 0.278. The Morgan fingerprint density at radius 1 is 1.19 bits per heavy atom. The molecule has 3 rings (SSSR count). The molecular weight excluding hydrogens is 265 g/mol. The average Bonchev–Trinajstić information content (AvgIpc) is 2.50. The molecule has 0 aliphatic heterocycles. The predicted octanol–water partition coefficient (Wildman–Crippen LogP) is 3.94. The molecule has 0 radical (unpaired) electrons. The first-order valence-electron chi connectivity index (χ1n) is 7.30. The molecule has 3 heteroatoms. The number of halogens is 1. The van der Waals surface area contributed by atoms with Gasteiger partial charge in [-0.1, -0.05) is 30.3 Å². The quantitative estimate of drug-likeness (QED) is 0.888. The number of amides is 1. The second kappa shape index (κ2) is 5.68. The van der Waals surface area contributed by atoms with Crippen molar-refractivity contribution in [2.24, 2.45) is 0 Å². The molecule has 1 aliphatic rings. The summed E-state index contributed by atoms with van der Waals surface area (Å²) < 4.78 is 13.6. The van der Waals surface area contributed by atoms with Gasteiger partial charge in [0.25, 0.3) is 5.91 Å². The van der Waals surface area contributed by atoms with Crippen molar-refractivity contribution in [2.45, 2.75) is 32.2 Å². The normalized spacial score (nSPS) is 17.1. The Bertz CT molecular complexity index is 681. The van der Waals surface area contributed by atoms with E-state index in [1.165, 1.54) is 17.2 Å². The molecule has 2 aromatic carbocycles. The van der Waals surface area contributed by atoms with Crippen LogP contribution in [0.1, 0.15) is 45.9 Å². The number of benzene rings is 2. The SMILES string of the molecule is Cc1c(F)cccc1C(=O)NC1CCCc2ccccc21. The van der Waals surface area contributed by atoms with Crippen LogP contribution in [-0.4, -0.2) is 5.91 Å². The predicted molar refractivity (Wildman–Crippen MR) is 80.7 cm³/mol. The van der Waals surface area contributed by atoms with Gasteiger partial charge in [-0.3, -0.25) is 4.79 Å². The van der Waals surface area contributed by atoms with Gasteiger partial charge in [-0.2, -0.15) is 0 Å². The average molecular weight is 283 g/mol. The standard InChI is InChI=1S/C18H18FNO/c1-12-14(9-5-10-16(12)19)18(21)20-17-11-4-7-13-6-2-3-8-15(13)17/h2-3,5-6,8-10,17H,4,7,11H2,1H3,(H,20,21). The third kappa shape index (κ3) is 2.68. The van der Waals surface area contributed by atoms with Crippen LogP contribution in [0.5, 0.6) is 0 Å². The minimum Gasteiger partial charge on any atom is -0.345 e. The summed E-state index contributed by atoms with van der Waals surface area (Å²) in [6.07, 6.45) is 3.04. The van der Waals surface area contributed by atoms with E-state index in [1.807, 2.05) is 12.1 Å². The molecule has 21 heavy (non-hydrogen) atoms. The van der Waals surface area contributed by atoms with Gasteiger partial charge in [0.2, 0.25) is 0 Å². The molecule has 1 aliphatic carbocycles. The lowest BCUT2D eigenvalue weighted by Gasteiger charge is -2.26. The lowest BCUT2D eigenvalue weighted by Crippen LogP contribution is -2.31. The van der Waals surface area contributed by atoms with Gasteiger partial charge in [-0.05, 0) is 55.0 Å². The molecule has 1 amide bonds. The molecule has 0 saturated heterocycles.